The second kappa shape index (κ2) is 5.10. The highest BCUT2D eigenvalue weighted by Gasteiger charge is 2.34. The zero-order valence-electron chi connectivity index (χ0n) is 10.1. The molecule has 0 saturated heterocycles. The van der Waals surface area contributed by atoms with Crippen molar-refractivity contribution in [3.63, 3.8) is 0 Å². The minimum absolute atomic E-state index is 0. The van der Waals surface area contributed by atoms with Gasteiger partial charge in [-0.3, -0.25) is 0 Å². The number of nitrogens with zero attached hydrogens (tertiary/aromatic N) is 1. The number of hydrogen-bond donors (Lipinski definition) is 1. The van der Waals surface area contributed by atoms with E-state index in [1.54, 1.807) is 0 Å². The highest BCUT2D eigenvalue weighted by Crippen LogP contribution is 2.40. The van der Waals surface area contributed by atoms with Crippen molar-refractivity contribution in [1.82, 2.24) is 0 Å². The first-order valence-corrected chi connectivity index (χ1v) is 6.95. The predicted molar refractivity (Wildman–Crippen MR) is 72.4 cm³/mol. The number of benzene rings is 1. The molecule has 5 heteroatoms. The van der Waals surface area contributed by atoms with Crippen LogP contribution in [0.4, 0.5) is 0 Å². The van der Waals surface area contributed by atoms with Crippen LogP contribution < -0.4 is 17.0 Å². The number of aliphatic hydroxyl groups is 1. The minimum atomic E-state index is 0. The van der Waals surface area contributed by atoms with E-state index in [1.807, 2.05) is 17.4 Å². The van der Waals surface area contributed by atoms with Crippen LogP contribution >= 0.6 is 22.9 Å². The van der Waals surface area contributed by atoms with Gasteiger partial charge in [0.1, 0.15) is 19.6 Å². The normalized spacial score (nSPS) is 21.9. The predicted octanol–water partition coefficient (Wildman–Crippen LogP) is 0.0112. The van der Waals surface area contributed by atoms with Gasteiger partial charge in [-0.2, -0.15) is 0 Å². The Morgan fingerprint density at radius 2 is 2.17 bits per heavy atom. The van der Waals surface area contributed by atoms with Gasteiger partial charge in [0.2, 0.25) is 0 Å². The quantitative estimate of drug-likeness (QED) is 0.758. The first kappa shape index (κ1) is 14.3. The van der Waals surface area contributed by atoms with Crippen LogP contribution in [0.2, 0.25) is 5.02 Å². The summed E-state index contributed by atoms with van der Waals surface area (Å²) in [4.78, 5) is 1.46. The third kappa shape index (κ3) is 2.32. The topological polar surface area (TPSA) is 20.2 Å². The zero-order chi connectivity index (χ0) is 12.0. The summed E-state index contributed by atoms with van der Waals surface area (Å²) >= 11 is 7.94. The molecule has 0 amide bonds. The Labute approximate surface area is 126 Å². The maximum atomic E-state index is 9.13. The molecule has 1 N–H and O–H groups in total. The monoisotopic (exact) mass is 347 g/mol. The Morgan fingerprint density at radius 1 is 1.39 bits per heavy atom. The molecule has 0 bridgehead atoms. The number of rotatable bonds is 2. The lowest BCUT2D eigenvalue weighted by atomic mass is 10.1. The van der Waals surface area contributed by atoms with Gasteiger partial charge in [-0.1, -0.05) is 11.6 Å². The molecule has 18 heavy (non-hydrogen) atoms. The number of aliphatic hydroxyl groups excluding tert-OH is 1. The van der Waals surface area contributed by atoms with E-state index in [0.29, 0.717) is 0 Å². The molecule has 2 heterocycles. The van der Waals surface area contributed by atoms with Gasteiger partial charge in [0.15, 0.2) is 0 Å². The molecule has 2 aromatic rings. The summed E-state index contributed by atoms with van der Waals surface area (Å²) in [5.74, 6) is 0. The third-order valence-corrected chi connectivity index (χ3v) is 4.97. The van der Waals surface area contributed by atoms with Gasteiger partial charge in [-0.25, -0.2) is 0 Å². The summed E-state index contributed by atoms with van der Waals surface area (Å²) in [6.07, 6.45) is 0. The summed E-state index contributed by atoms with van der Waals surface area (Å²) in [5.41, 5.74) is 1.43. The van der Waals surface area contributed by atoms with E-state index < -0.39 is 0 Å². The van der Waals surface area contributed by atoms with Crippen molar-refractivity contribution in [2.24, 2.45) is 0 Å². The maximum absolute atomic E-state index is 9.13. The van der Waals surface area contributed by atoms with Gasteiger partial charge in [-0.15, -0.1) is 11.3 Å². The molecule has 1 aromatic carbocycles. The second-order valence-electron chi connectivity index (χ2n) is 5.03. The van der Waals surface area contributed by atoms with Gasteiger partial charge >= 0.3 is 0 Å². The van der Waals surface area contributed by atoms with Crippen molar-refractivity contribution >= 4 is 33.0 Å². The van der Waals surface area contributed by atoms with Gasteiger partial charge in [0.25, 0.3) is 0 Å². The number of fused-ring (bicyclic) bond motifs is 3. The van der Waals surface area contributed by atoms with Crippen LogP contribution in [0.15, 0.2) is 18.2 Å². The van der Waals surface area contributed by atoms with Crippen molar-refractivity contribution in [2.45, 2.75) is 13.1 Å². The lowest BCUT2D eigenvalue weighted by molar-refractivity contribution is -0.928. The van der Waals surface area contributed by atoms with Crippen molar-refractivity contribution in [1.29, 1.82) is 0 Å². The lowest BCUT2D eigenvalue weighted by Crippen LogP contribution is -3.00. The number of likely N-dealkylation sites (N-methyl/N-ethyl adjacent to an activating group) is 1. The van der Waals surface area contributed by atoms with Crippen LogP contribution in [0.5, 0.6) is 0 Å². The van der Waals surface area contributed by atoms with E-state index in [2.05, 4.69) is 19.2 Å². The fourth-order valence-corrected chi connectivity index (χ4v) is 4.20. The van der Waals surface area contributed by atoms with E-state index in [4.69, 9.17) is 16.7 Å². The largest absolute Gasteiger partial charge is 1.00 e. The fourth-order valence-electron chi connectivity index (χ4n) is 2.66. The molecule has 1 aromatic heterocycles. The first-order valence-electron chi connectivity index (χ1n) is 5.75. The fraction of sp³-hybridized carbons (Fsp3) is 0.385. The van der Waals surface area contributed by atoms with E-state index in [-0.39, 0.29) is 23.6 Å². The van der Waals surface area contributed by atoms with Crippen LogP contribution in [0.1, 0.15) is 10.4 Å². The molecule has 3 rings (SSSR count). The second-order valence-corrected chi connectivity index (χ2v) is 6.60. The molecule has 2 nitrogen and oxygen atoms in total. The number of hydrogen-bond acceptors (Lipinski definition) is 2. The Balaban J connectivity index is 0.00000120. The summed E-state index contributed by atoms with van der Waals surface area (Å²) < 4.78 is 2.25. The Hall–Kier alpha value is -0.130. The van der Waals surface area contributed by atoms with Gasteiger partial charge in [-0.05, 0) is 18.2 Å². The molecule has 0 fully saturated rings. The van der Waals surface area contributed by atoms with Crippen molar-refractivity contribution in [2.75, 3.05) is 20.2 Å². The smallest absolute Gasteiger partial charge is 0.114 e. The highest BCUT2D eigenvalue weighted by atomic mass is 79.9. The first-order chi connectivity index (χ1) is 8.11. The minimum Gasteiger partial charge on any atom is -1.00 e. The SMILES string of the molecule is C[N+]1(CCO)Cc2sc3ccc(Cl)cc3c2C1.[Br-]. The van der Waals surface area contributed by atoms with Crippen LogP contribution in [0.25, 0.3) is 10.1 Å². The van der Waals surface area contributed by atoms with Gasteiger partial charge in [0, 0.05) is 20.7 Å². The van der Waals surface area contributed by atoms with Crippen LogP contribution in [-0.4, -0.2) is 29.8 Å². The summed E-state index contributed by atoms with van der Waals surface area (Å²) in [6, 6.07) is 6.13. The molecular formula is C13H15BrClNOS. The van der Waals surface area contributed by atoms with Gasteiger partial charge < -0.3 is 26.6 Å². The summed E-state index contributed by atoms with van der Waals surface area (Å²) in [6.45, 7) is 3.12. The Kier molecular flexibility index (Phi) is 4.04. The average Bonchev–Trinajstić information content (AvgIpc) is 2.73. The van der Waals surface area contributed by atoms with Crippen molar-refractivity contribution in [3.8, 4) is 0 Å². The van der Waals surface area contributed by atoms with Crippen LogP contribution in [0, 0.1) is 0 Å². The number of halogens is 2. The molecule has 1 aliphatic rings. The molecule has 1 unspecified atom stereocenters. The molecule has 0 saturated carbocycles. The summed E-state index contributed by atoms with van der Waals surface area (Å²) in [7, 11) is 2.21. The van der Waals surface area contributed by atoms with E-state index >= 15 is 0 Å². The van der Waals surface area contributed by atoms with Crippen LogP contribution in [0.3, 0.4) is 0 Å². The lowest BCUT2D eigenvalue weighted by Gasteiger charge is -2.28. The molecule has 0 radical (unpaired) electrons. The molecular weight excluding hydrogens is 334 g/mol. The maximum Gasteiger partial charge on any atom is 0.114 e. The third-order valence-electron chi connectivity index (χ3n) is 3.54. The molecule has 0 aliphatic carbocycles. The standard InChI is InChI=1S/C13H15ClNOS.BrH/c1-15(4-5-16)7-11-10-6-9(14)2-3-12(10)17-13(11)8-15;/h2-3,6,16H,4-5,7-8H2,1H3;1H/q+1;/p-1. The molecule has 98 valence electrons. The summed E-state index contributed by atoms with van der Waals surface area (Å²) in [5, 5.41) is 11.2. The van der Waals surface area contributed by atoms with E-state index in [9.17, 15) is 0 Å². The Bertz CT molecular complexity index is 586. The Morgan fingerprint density at radius 3 is 2.89 bits per heavy atom. The number of quaternary nitrogens is 1. The van der Waals surface area contributed by atoms with Gasteiger partial charge in [0.05, 0.1) is 18.5 Å². The molecule has 1 atom stereocenters. The molecule has 1 aliphatic heterocycles. The van der Waals surface area contributed by atoms with Crippen molar-refractivity contribution < 1.29 is 26.6 Å². The zero-order valence-corrected chi connectivity index (χ0v) is 13.3. The molecule has 0 spiro atoms. The number of thiophene rings is 1. The highest BCUT2D eigenvalue weighted by molar-refractivity contribution is 7.19. The van der Waals surface area contributed by atoms with E-state index in [0.717, 1.165) is 29.1 Å². The van der Waals surface area contributed by atoms with Crippen molar-refractivity contribution in [3.05, 3.63) is 33.7 Å². The average molecular weight is 349 g/mol. The van der Waals surface area contributed by atoms with Crippen LogP contribution in [-0.2, 0) is 13.1 Å². The van der Waals surface area contributed by atoms with E-state index in [1.165, 1.54) is 20.5 Å².